The molecule has 2 unspecified atom stereocenters. The van der Waals surface area contributed by atoms with E-state index in [1.807, 2.05) is 6.08 Å². The fourth-order valence-electron chi connectivity index (χ4n) is 10.4. The summed E-state index contributed by atoms with van der Waals surface area (Å²) in [5, 5.41) is 23.2. The molecule has 0 radical (unpaired) electrons. The van der Waals surface area contributed by atoms with E-state index in [9.17, 15) is 15.0 Å². The molecule has 420 valence electrons. The van der Waals surface area contributed by atoms with Gasteiger partial charge in [-0.1, -0.05) is 352 Å². The van der Waals surface area contributed by atoms with Crippen LogP contribution < -0.4 is 5.32 Å². The largest absolute Gasteiger partial charge is 0.394 e. The Bertz CT molecular complexity index is 1080. The molecule has 0 fully saturated rings. The SMILES string of the molecule is CCCCCCCCCCCCCCCCCC/C=C/CC/C=C/CC/C=C/C(O)C(CO)NC(=O)CCCCCCCCCCCCCCCCCCCCCCCCCCCCCCCCCCC. The zero-order valence-electron chi connectivity index (χ0n) is 48.5. The molecule has 71 heavy (non-hydrogen) atoms. The van der Waals surface area contributed by atoms with Gasteiger partial charge in [-0.15, -0.1) is 0 Å². The van der Waals surface area contributed by atoms with E-state index >= 15 is 0 Å². The molecule has 3 N–H and O–H groups in total. The number of aliphatic hydroxyl groups is 2. The van der Waals surface area contributed by atoms with Gasteiger partial charge in [0, 0.05) is 6.42 Å². The normalized spacial score (nSPS) is 12.9. The summed E-state index contributed by atoms with van der Waals surface area (Å²) in [6.45, 7) is 4.34. The monoisotopic (exact) mass is 996 g/mol. The molecule has 0 rings (SSSR count). The number of aliphatic hydroxyl groups excluding tert-OH is 2. The minimum absolute atomic E-state index is 0.0701. The lowest BCUT2D eigenvalue weighted by Gasteiger charge is -2.19. The van der Waals surface area contributed by atoms with Gasteiger partial charge in [-0.2, -0.15) is 0 Å². The van der Waals surface area contributed by atoms with Crippen LogP contribution in [-0.2, 0) is 4.79 Å². The molecule has 0 aliphatic rings. The standard InChI is InChI=1S/C67H129NO3/c1-3-5-7-9-11-13-15-17-19-21-23-25-27-29-31-32-33-34-35-36-37-39-41-43-45-47-49-51-53-55-57-59-61-63-67(71)68-65(64-69)66(70)62-60-58-56-54-52-50-48-46-44-42-40-38-30-28-26-24-22-20-18-16-14-12-10-8-6-4-2/h44,46,52,54,60,62,65-66,69-70H,3-43,45,47-51,53,55-59,61,63-64H2,1-2H3,(H,68,71)/b46-44+,54-52+,62-60+. The Kier molecular flexibility index (Phi) is 61.7. The molecule has 0 bridgehead atoms. The second-order valence-electron chi connectivity index (χ2n) is 22.5. The zero-order chi connectivity index (χ0) is 51.3. The Morgan fingerprint density at radius 2 is 0.549 bits per heavy atom. The number of rotatable bonds is 61. The number of nitrogens with one attached hydrogen (secondary N) is 1. The summed E-state index contributed by atoms with van der Waals surface area (Å²) >= 11 is 0. The molecule has 0 aliphatic carbocycles. The lowest BCUT2D eigenvalue weighted by molar-refractivity contribution is -0.123. The van der Waals surface area contributed by atoms with E-state index in [-0.39, 0.29) is 12.5 Å². The maximum absolute atomic E-state index is 12.5. The maximum atomic E-state index is 12.5. The number of unbranched alkanes of at least 4 members (excludes halogenated alkanes) is 50. The van der Waals surface area contributed by atoms with Crippen molar-refractivity contribution in [2.24, 2.45) is 0 Å². The zero-order valence-corrected chi connectivity index (χ0v) is 48.5. The Morgan fingerprint density at radius 1 is 0.324 bits per heavy atom. The summed E-state index contributed by atoms with van der Waals surface area (Å²) < 4.78 is 0. The van der Waals surface area contributed by atoms with E-state index in [1.165, 1.54) is 308 Å². The van der Waals surface area contributed by atoms with Crippen LogP contribution in [0.2, 0.25) is 0 Å². The first-order chi connectivity index (χ1) is 35.2. The van der Waals surface area contributed by atoms with Crippen LogP contribution in [-0.4, -0.2) is 34.9 Å². The summed E-state index contributed by atoms with van der Waals surface area (Å²) in [4.78, 5) is 12.5. The van der Waals surface area contributed by atoms with Crippen LogP contribution >= 0.6 is 0 Å². The van der Waals surface area contributed by atoms with Gasteiger partial charge in [-0.05, 0) is 44.9 Å². The molecule has 4 nitrogen and oxygen atoms in total. The van der Waals surface area contributed by atoms with Crippen LogP contribution in [0.25, 0.3) is 0 Å². The van der Waals surface area contributed by atoms with Gasteiger partial charge in [0.05, 0.1) is 18.8 Å². The van der Waals surface area contributed by atoms with Crippen molar-refractivity contribution in [3.63, 3.8) is 0 Å². The summed E-state index contributed by atoms with van der Waals surface area (Å²) in [5.41, 5.74) is 0. The van der Waals surface area contributed by atoms with Crippen LogP contribution in [0.1, 0.15) is 367 Å². The van der Waals surface area contributed by atoms with E-state index in [4.69, 9.17) is 0 Å². The molecule has 0 saturated carbocycles. The van der Waals surface area contributed by atoms with Crippen molar-refractivity contribution in [3.8, 4) is 0 Å². The topological polar surface area (TPSA) is 69.6 Å². The van der Waals surface area contributed by atoms with Crippen LogP contribution in [0.3, 0.4) is 0 Å². The first kappa shape index (κ1) is 69.6. The quantitative estimate of drug-likeness (QED) is 0.0420. The molecule has 0 aromatic carbocycles. The van der Waals surface area contributed by atoms with E-state index in [0.29, 0.717) is 6.42 Å². The van der Waals surface area contributed by atoms with Gasteiger partial charge in [0.1, 0.15) is 0 Å². The van der Waals surface area contributed by atoms with Crippen molar-refractivity contribution < 1.29 is 15.0 Å². The Balaban J connectivity index is 3.46. The first-order valence-corrected chi connectivity index (χ1v) is 32.7. The number of carbonyl (C=O) groups excluding carboxylic acids is 1. The molecule has 0 heterocycles. The van der Waals surface area contributed by atoms with Gasteiger partial charge in [0.15, 0.2) is 0 Å². The van der Waals surface area contributed by atoms with Crippen molar-refractivity contribution in [3.05, 3.63) is 36.5 Å². The summed E-state index contributed by atoms with van der Waals surface area (Å²) in [5.74, 6) is -0.0701. The van der Waals surface area contributed by atoms with Gasteiger partial charge in [0.2, 0.25) is 5.91 Å². The van der Waals surface area contributed by atoms with Crippen molar-refractivity contribution in [2.75, 3.05) is 6.61 Å². The Morgan fingerprint density at radius 3 is 0.817 bits per heavy atom. The van der Waals surface area contributed by atoms with Crippen LogP contribution in [0, 0.1) is 0 Å². The maximum Gasteiger partial charge on any atom is 0.220 e. The van der Waals surface area contributed by atoms with E-state index in [1.54, 1.807) is 6.08 Å². The molecule has 0 spiro atoms. The highest BCUT2D eigenvalue weighted by atomic mass is 16.3. The van der Waals surface area contributed by atoms with E-state index in [2.05, 4.69) is 43.5 Å². The number of carbonyl (C=O) groups is 1. The van der Waals surface area contributed by atoms with Gasteiger partial charge in [0.25, 0.3) is 0 Å². The number of hydrogen-bond donors (Lipinski definition) is 3. The van der Waals surface area contributed by atoms with Crippen LogP contribution in [0.4, 0.5) is 0 Å². The minimum atomic E-state index is -0.870. The smallest absolute Gasteiger partial charge is 0.220 e. The van der Waals surface area contributed by atoms with Crippen molar-refractivity contribution >= 4 is 5.91 Å². The highest BCUT2D eigenvalue weighted by molar-refractivity contribution is 5.76. The number of allylic oxidation sites excluding steroid dienone is 5. The van der Waals surface area contributed by atoms with Gasteiger partial charge < -0.3 is 15.5 Å². The minimum Gasteiger partial charge on any atom is -0.394 e. The summed E-state index contributed by atoms with van der Waals surface area (Å²) in [6, 6.07) is -0.645. The molecule has 1 amide bonds. The van der Waals surface area contributed by atoms with Crippen molar-refractivity contribution in [1.29, 1.82) is 0 Å². The Labute approximate surface area is 446 Å². The lowest BCUT2D eigenvalue weighted by Crippen LogP contribution is -2.45. The molecule has 2 atom stereocenters. The number of hydrogen-bond acceptors (Lipinski definition) is 3. The molecule has 0 aromatic heterocycles. The fourth-order valence-corrected chi connectivity index (χ4v) is 10.4. The second kappa shape index (κ2) is 62.9. The van der Waals surface area contributed by atoms with Crippen molar-refractivity contribution in [2.45, 2.75) is 379 Å². The predicted octanol–water partition coefficient (Wildman–Crippen LogP) is 22.0. The van der Waals surface area contributed by atoms with Crippen molar-refractivity contribution in [1.82, 2.24) is 5.32 Å². The average Bonchev–Trinajstić information content (AvgIpc) is 3.37. The number of amides is 1. The summed E-state index contributed by atoms with van der Waals surface area (Å²) in [7, 11) is 0. The Hall–Kier alpha value is -1.39. The molecule has 4 heteroatoms. The highest BCUT2D eigenvalue weighted by Gasteiger charge is 2.18. The summed E-state index contributed by atoms with van der Waals surface area (Å²) in [6.07, 6.45) is 86.5. The molecule has 0 aliphatic heterocycles. The van der Waals surface area contributed by atoms with Gasteiger partial charge in [-0.3, -0.25) is 4.79 Å². The average molecular weight is 997 g/mol. The highest BCUT2D eigenvalue weighted by Crippen LogP contribution is 2.19. The lowest BCUT2D eigenvalue weighted by atomic mass is 10.0. The van der Waals surface area contributed by atoms with Gasteiger partial charge >= 0.3 is 0 Å². The third-order valence-electron chi connectivity index (χ3n) is 15.4. The van der Waals surface area contributed by atoms with E-state index in [0.717, 1.165) is 38.5 Å². The van der Waals surface area contributed by atoms with Gasteiger partial charge in [-0.25, -0.2) is 0 Å². The third-order valence-corrected chi connectivity index (χ3v) is 15.4. The first-order valence-electron chi connectivity index (χ1n) is 32.7. The second-order valence-corrected chi connectivity index (χ2v) is 22.5. The van der Waals surface area contributed by atoms with E-state index < -0.39 is 12.1 Å². The molecule has 0 aromatic rings. The molecule has 0 saturated heterocycles. The third kappa shape index (κ3) is 59.4. The van der Waals surface area contributed by atoms with Crippen LogP contribution in [0.15, 0.2) is 36.5 Å². The fraction of sp³-hybridized carbons (Fsp3) is 0.896. The molecular formula is C67H129NO3. The molecular weight excluding hydrogens is 867 g/mol. The van der Waals surface area contributed by atoms with Crippen LogP contribution in [0.5, 0.6) is 0 Å². The predicted molar refractivity (Wildman–Crippen MR) is 318 cm³/mol.